The van der Waals surface area contributed by atoms with Crippen LogP contribution in [0.25, 0.3) is 0 Å². The maximum Gasteiger partial charge on any atom is 0.251 e. The van der Waals surface area contributed by atoms with Gasteiger partial charge in [0.15, 0.2) is 11.5 Å². The minimum atomic E-state index is -3.81. The predicted molar refractivity (Wildman–Crippen MR) is 123 cm³/mol. The summed E-state index contributed by atoms with van der Waals surface area (Å²) in [5.41, 5.74) is 0.975. The van der Waals surface area contributed by atoms with Crippen LogP contribution in [0.2, 0.25) is 0 Å². The second-order valence-corrected chi connectivity index (χ2v) is 9.29. The fraction of sp³-hybridized carbons (Fsp3) is 0.208. The SMILES string of the molecule is O=C(NCC(O)COc1ccc2c(c1)OCO2)c1cccc(S(=O)(=O)NCc2ccccc2)c1. The van der Waals surface area contributed by atoms with Crippen LogP contribution >= 0.6 is 0 Å². The van der Waals surface area contributed by atoms with Crippen LogP contribution in [-0.2, 0) is 16.6 Å². The van der Waals surface area contributed by atoms with Crippen molar-refractivity contribution >= 4 is 15.9 Å². The van der Waals surface area contributed by atoms with Gasteiger partial charge >= 0.3 is 0 Å². The van der Waals surface area contributed by atoms with Gasteiger partial charge in [0.1, 0.15) is 18.5 Å². The summed E-state index contributed by atoms with van der Waals surface area (Å²) in [7, 11) is -3.81. The maximum atomic E-state index is 12.6. The number of nitrogens with one attached hydrogen (secondary N) is 2. The molecule has 1 aliphatic rings. The summed E-state index contributed by atoms with van der Waals surface area (Å²) in [6, 6.07) is 19.9. The van der Waals surface area contributed by atoms with E-state index in [2.05, 4.69) is 10.0 Å². The fourth-order valence-electron chi connectivity index (χ4n) is 3.19. The highest BCUT2D eigenvalue weighted by atomic mass is 32.2. The van der Waals surface area contributed by atoms with E-state index in [1.807, 2.05) is 30.3 Å². The molecular formula is C24H24N2O7S. The molecule has 1 heterocycles. The number of carbonyl (C=O) groups is 1. The Morgan fingerprint density at radius 1 is 1.00 bits per heavy atom. The van der Waals surface area contributed by atoms with Gasteiger partial charge in [-0.1, -0.05) is 36.4 Å². The molecule has 1 amide bonds. The Morgan fingerprint density at radius 2 is 1.79 bits per heavy atom. The van der Waals surface area contributed by atoms with Gasteiger partial charge in [-0.2, -0.15) is 0 Å². The molecule has 1 unspecified atom stereocenters. The monoisotopic (exact) mass is 484 g/mol. The van der Waals surface area contributed by atoms with E-state index in [0.29, 0.717) is 17.2 Å². The van der Waals surface area contributed by atoms with E-state index >= 15 is 0 Å². The molecule has 0 aliphatic carbocycles. The Bertz CT molecular complexity index is 1250. The molecular weight excluding hydrogens is 460 g/mol. The average Bonchev–Trinajstić information content (AvgIpc) is 3.33. The molecule has 34 heavy (non-hydrogen) atoms. The van der Waals surface area contributed by atoms with Crippen molar-refractivity contribution in [2.24, 2.45) is 0 Å². The first kappa shape index (κ1) is 23.6. The zero-order valence-corrected chi connectivity index (χ0v) is 19.0. The van der Waals surface area contributed by atoms with Crippen LogP contribution in [-0.4, -0.2) is 45.5 Å². The Morgan fingerprint density at radius 3 is 2.62 bits per heavy atom. The number of fused-ring (bicyclic) bond motifs is 1. The van der Waals surface area contributed by atoms with Crippen LogP contribution < -0.4 is 24.2 Å². The number of sulfonamides is 1. The predicted octanol–water partition coefficient (Wildman–Crippen LogP) is 2.06. The van der Waals surface area contributed by atoms with E-state index < -0.39 is 22.0 Å². The summed E-state index contributed by atoms with van der Waals surface area (Å²) in [6.07, 6.45) is -0.978. The second kappa shape index (κ2) is 10.6. The molecule has 0 radical (unpaired) electrons. The Labute approximate surface area is 197 Å². The summed E-state index contributed by atoms with van der Waals surface area (Å²) in [5, 5.41) is 12.7. The van der Waals surface area contributed by atoms with Gasteiger partial charge in [-0.15, -0.1) is 0 Å². The molecule has 0 aromatic heterocycles. The number of aliphatic hydroxyl groups excluding tert-OH is 1. The molecule has 0 spiro atoms. The average molecular weight is 485 g/mol. The summed E-state index contributed by atoms with van der Waals surface area (Å²) in [6.45, 7) is 0.151. The summed E-state index contributed by atoms with van der Waals surface area (Å²) >= 11 is 0. The molecule has 3 aromatic rings. The number of benzene rings is 3. The minimum absolute atomic E-state index is 0.0252. The first-order valence-electron chi connectivity index (χ1n) is 10.5. The summed E-state index contributed by atoms with van der Waals surface area (Å²) in [4.78, 5) is 12.5. The molecule has 0 saturated heterocycles. The van der Waals surface area contributed by atoms with E-state index in [4.69, 9.17) is 14.2 Å². The lowest BCUT2D eigenvalue weighted by atomic mass is 10.2. The highest BCUT2D eigenvalue weighted by molar-refractivity contribution is 7.89. The third kappa shape index (κ3) is 6.04. The largest absolute Gasteiger partial charge is 0.491 e. The number of rotatable bonds is 10. The lowest BCUT2D eigenvalue weighted by molar-refractivity contribution is 0.0843. The topological polar surface area (TPSA) is 123 Å². The van der Waals surface area contributed by atoms with E-state index in [1.165, 1.54) is 24.3 Å². The Kier molecular flexibility index (Phi) is 7.31. The third-order valence-electron chi connectivity index (χ3n) is 5.00. The van der Waals surface area contributed by atoms with Crippen molar-refractivity contribution in [3.63, 3.8) is 0 Å². The van der Waals surface area contributed by atoms with Gasteiger partial charge in [-0.25, -0.2) is 13.1 Å². The zero-order chi connectivity index (χ0) is 24.0. The molecule has 1 aliphatic heterocycles. The van der Waals surface area contributed by atoms with Crippen molar-refractivity contribution in [2.75, 3.05) is 19.9 Å². The standard InChI is InChI=1S/C24H24N2O7S/c27-19(15-31-20-9-10-22-23(12-20)33-16-32-22)14-25-24(28)18-7-4-8-21(11-18)34(29,30)26-13-17-5-2-1-3-6-17/h1-12,19,26-27H,13-16H2,(H,25,28). The minimum Gasteiger partial charge on any atom is -0.491 e. The number of ether oxygens (including phenoxy) is 3. The van der Waals surface area contributed by atoms with Crippen LogP contribution in [0, 0.1) is 0 Å². The van der Waals surface area contributed by atoms with E-state index in [-0.39, 0.29) is 36.9 Å². The molecule has 178 valence electrons. The van der Waals surface area contributed by atoms with Crippen molar-refractivity contribution in [3.05, 3.63) is 83.9 Å². The van der Waals surface area contributed by atoms with Crippen LogP contribution in [0.15, 0.2) is 77.7 Å². The molecule has 0 bridgehead atoms. The van der Waals surface area contributed by atoms with Gasteiger partial charge in [0.2, 0.25) is 16.8 Å². The van der Waals surface area contributed by atoms with Crippen molar-refractivity contribution < 1.29 is 32.5 Å². The van der Waals surface area contributed by atoms with Crippen molar-refractivity contribution in [1.82, 2.24) is 10.0 Å². The van der Waals surface area contributed by atoms with Crippen molar-refractivity contribution in [3.8, 4) is 17.2 Å². The first-order chi connectivity index (χ1) is 16.4. The lowest BCUT2D eigenvalue weighted by Gasteiger charge is -2.14. The summed E-state index contributed by atoms with van der Waals surface area (Å²) in [5.74, 6) is 1.17. The zero-order valence-electron chi connectivity index (χ0n) is 18.1. The van der Waals surface area contributed by atoms with Gasteiger partial charge in [-0.05, 0) is 35.9 Å². The molecule has 0 fully saturated rings. The second-order valence-electron chi connectivity index (χ2n) is 7.53. The number of hydrogen-bond acceptors (Lipinski definition) is 7. The van der Waals surface area contributed by atoms with Crippen molar-refractivity contribution in [2.45, 2.75) is 17.5 Å². The highest BCUT2D eigenvalue weighted by Gasteiger charge is 2.18. The van der Waals surface area contributed by atoms with Gasteiger partial charge in [0.25, 0.3) is 5.91 Å². The molecule has 10 heteroatoms. The maximum absolute atomic E-state index is 12.6. The number of aliphatic hydroxyl groups is 1. The Hall–Kier alpha value is -3.60. The van der Waals surface area contributed by atoms with Crippen LogP contribution in [0.3, 0.4) is 0 Å². The van der Waals surface area contributed by atoms with Gasteiger partial charge in [0.05, 0.1) is 4.90 Å². The molecule has 3 aromatic carbocycles. The van der Waals surface area contributed by atoms with Gasteiger partial charge in [0, 0.05) is 24.7 Å². The molecule has 3 N–H and O–H groups in total. The molecule has 4 rings (SSSR count). The third-order valence-corrected chi connectivity index (χ3v) is 6.40. The number of hydrogen-bond donors (Lipinski definition) is 3. The molecule has 0 saturated carbocycles. The van der Waals surface area contributed by atoms with Crippen LogP contribution in [0.4, 0.5) is 0 Å². The molecule has 1 atom stereocenters. The quantitative estimate of drug-likeness (QED) is 0.403. The summed E-state index contributed by atoms with van der Waals surface area (Å²) < 4.78 is 43.8. The number of carbonyl (C=O) groups excluding carboxylic acids is 1. The van der Waals surface area contributed by atoms with Crippen LogP contribution in [0.5, 0.6) is 17.2 Å². The highest BCUT2D eigenvalue weighted by Crippen LogP contribution is 2.35. The Balaban J connectivity index is 1.28. The first-order valence-corrected chi connectivity index (χ1v) is 12.0. The molecule has 9 nitrogen and oxygen atoms in total. The van der Waals surface area contributed by atoms with Crippen molar-refractivity contribution in [1.29, 1.82) is 0 Å². The fourth-order valence-corrected chi connectivity index (χ4v) is 4.26. The van der Waals surface area contributed by atoms with E-state index in [0.717, 1.165) is 5.56 Å². The van der Waals surface area contributed by atoms with Gasteiger partial charge in [-0.3, -0.25) is 4.79 Å². The van der Waals surface area contributed by atoms with Gasteiger partial charge < -0.3 is 24.6 Å². The van der Waals surface area contributed by atoms with E-state index in [1.54, 1.807) is 18.2 Å². The number of amides is 1. The van der Waals surface area contributed by atoms with Crippen LogP contribution in [0.1, 0.15) is 15.9 Å². The van der Waals surface area contributed by atoms with E-state index in [9.17, 15) is 18.3 Å². The lowest BCUT2D eigenvalue weighted by Crippen LogP contribution is -2.35. The smallest absolute Gasteiger partial charge is 0.251 e. The normalized spacial score (nSPS) is 13.3.